The highest BCUT2D eigenvalue weighted by Gasteiger charge is 2.40. The van der Waals surface area contributed by atoms with Gasteiger partial charge in [-0.2, -0.15) is 0 Å². The van der Waals surface area contributed by atoms with Crippen molar-refractivity contribution in [3.63, 3.8) is 0 Å². The van der Waals surface area contributed by atoms with Crippen molar-refractivity contribution in [2.75, 3.05) is 40.9 Å². The number of rotatable bonds is 6. The molecule has 2 N–H and O–H groups in total. The molecular weight excluding hydrogens is 270 g/mol. The van der Waals surface area contributed by atoms with E-state index in [0.29, 0.717) is 31.9 Å². The molecule has 6 nitrogen and oxygen atoms in total. The summed E-state index contributed by atoms with van der Waals surface area (Å²) in [6.45, 7) is 2.97. The van der Waals surface area contributed by atoms with E-state index in [2.05, 4.69) is 6.92 Å². The second-order valence-corrected chi connectivity index (χ2v) is 6.37. The first-order valence-electron chi connectivity index (χ1n) is 7.57. The average Bonchev–Trinajstić information content (AvgIpc) is 2.42. The lowest BCUT2D eigenvalue weighted by Crippen LogP contribution is -2.59. The lowest BCUT2D eigenvalue weighted by molar-refractivity contribution is -0.144. The Morgan fingerprint density at radius 2 is 2.05 bits per heavy atom. The zero-order valence-electron chi connectivity index (χ0n) is 13.7. The topological polar surface area (TPSA) is 75.9 Å². The maximum Gasteiger partial charge on any atom is 0.243 e. The van der Waals surface area contributed by atoms with Gasteiger partial charge in [-0.1, -0.05) is 19.8 Å². The van der Waals surface area contributed by atoms with Gasteiger partial charge in [0.15, 0.2) is 0 Å². The number of nitrogens with zero attached hydrogens (tertiary/aromatic N) is 2. The normalized spacial score (nSPS) is 25.5. The Morgan fingerprint density at radius 3 is 2.57 bits per heavy atom. The monoisotopic (exact) mass is 299 g/mol. The maximum atomic E-state index is 12.8. The molecule has 0 saturated heterocycles. The van der Waals surface area contributed by atoms with Gasteiger partial charge in [0.2, 0.25) is 11.8 Å². The smallest absolute Gasteiger partial charge is 0.243 e. The fourth-order valence-electron chi connectivity index (χ4n) is 2.86. The highest BCUT2D eigenvalue weighted by atomic mass is 16.5. The molecule has 0 aromatic heterocycles. The second-order valence-electron chi connectivity index (χ2n) is 6.37. The van der Waals surface area contributed by atoms with Gasteiger partial charge >= 0.3 is 0 Å². The first-order valence-corrected chi connectivity index (χ1v) is 7.57. The quantitative estimate of drug-likeness (QED) is 0.773. The third kappa shape index (κ3) is 4.97. The lowest BCUT2D eigenvalue weighted by Gasteiger charge is -2.39. The van der Waals surface area contributed by atoms with E-state index in [1.165, 1.54) is 4.90 Å². The van der Waals surface area contributed by atoms with E-state index in [0.717, 1.165) is 12.8 Å². The van der Waals surface area contributed by atoms with E-state index in [1.54, 1.807) is 26.1 Å². The largest absolute Gasteiger partial charge is 0.383 e. The molecule has 2 unspecified atom stereocenters. The van der Waals surface area contributed by atoms with Gasteiger partial charge in [0.25, 0.3) is 0 Å². The van der Waals surface area contributed by atoms with Crippen molar-refractivity contribution < 1.29 is 14.3 Å². The van der Waals surface area contributed by atoms with Gasteiger partial charge in [0.1, 0.15) is 0 Å². The van der Waals surface area contributed by atoms with Crippen LogP contribution in [0.5, 0.6) is 0 Å². The third-order valence-corrected chi connectivity index (χ3v) is 4.14. The first-order chi connectivity index (χ1) is 9.80. The van der Waals surface area contributed by atoms with Crippen molar-refractivity contribution in [2.24, 2.45) is 11.7 Å². The van der Waals surface area contributed by atoms with Crippen LogP contribution in [0.4, 0.5) is 0 Å². The van der Waals surface area contributed by atoms with Crippen LogP contribution in [0.15, 0.2) is 0 Å². The van der Waals surface area contributed by atoms with Crippen molar-refractivity contribution in [3.8, 4) is 0 Å². The molecule has 1 aliphatic rings. The van der Waals surface area contributed by atoms with Gasteiger partial charge in [-0.25, -0.2) is 0 Å². The molecule has 0 aliphatic heterocycles. The number of amides is 2. The molecule has 1 saturated carbocycles. The Morgan fingerprint density at radius 1 is 1.38 bits per heavy atom. The van der Waals surface area contributed by atoms with Crippen molar-refractivity contribution in [3.05, 3.63) is 0 Å². The van der Waals surface area contributed by atoms with Gasteiger partial charge in [-0.15, -0.1) is 0 Å². The predicted molar refractivity (Wildman–Crippen MR) is 81.7 cm³/mol. The number of hydrogen-bond donors (Lipinski definition) is 1. The number of ether oxygens (including phenoxy) is 1. The summed E-state index contributed by atoms with van der Waals surface area (Å²) in [5.41, 5.74) is 5.53. The minimum atomic E-state index is -0.835. The summed E-state index contributed by atoms with van der Waals surface area (Å²) in [4.78, 5) is 27.8. The van der Waals surface area contributed by atoms with E-state index in [-0.39, 0.29) is 18.4 Å². The van der Waals surface area contributed by atoms with Crippen molar-refractivity contribution in [1.29, 1.82) is 0 Å². The first kappa shape index (κ1) is 17.9. The van der Waals surface area contributed by atoms with Crippen molar-refractivity contribution >= 4 is 11.8 Å². The molecule has 2 atom stereocenters. The van der Waals surface area contributed by atoms with Gasteiger partial charge in [-0.05, 0) is 18.8 Å². The van der Waals surface area contributed by atoms with Gasteiger partial charge in [0, 0.05) is 27.7 Å². The predicted octanol–water partition coefficient (Wildman–Crippen LogP) is 0.457. The van der Waals surface area contributed by atoms with Crippen LogP contribution in [0.2, 0.25) is 0 Å². The summed E-state index contributed by atoms with van der Waals surface area (Å²) in [5, 5.41) is 0. The molecule has 0 spiro atoms. The zero-order chi connectivity index (χ0) is 16.0. The fourth-order valence-corrected chi connectivity index (χ4v) is 2.86. The van der Waals surface area contributed by atoms with Crippen LogP contribution in [0, 0.1) is 5.92 Å². The summed E-state index contributed by atoms with van der Waals surface area (Å²) in [6, 6.07) is 0. The van der Waals surface area contributed by atoms with E-state index in [1.807, 2.05) is 0 Å². The fraction of sp³-hybridized carbons (Fsp3) is 0.867. The van der Waals surface area contributed by atoms with Crippen LogP contribution in [0.3, 0.4) is 0 Å². The third-order valence-electron chi connectivity index (χ3n) is 4.14. The average molecular weight is 299 g/mol. The van der Waals surface area contributed by atoms with E-state index < -0.39 is 5.54 Å². The molecule has 0 bridgehead atoms. The molecule has 2 amide bonds. The van der Waals surface area contributed by atoms with Crippen molar-refractivity contribution in [2.45, 2.75) is 38.1 Å². The highest BCUT2D eigenvalue weighted by Crippen LogP contribution is 2.31. The van der Waals surface area contributed by atoms with Crippen LogP contribution in [-0.4, -0.2) is 68.1 Å². The summed E-state index contributed by atoms with van der Waals surface area (Å²) < 4.78 is 5.05. The lowest BCUT2D eigenvalue weighted by atomic mass is 9.76. The molecule has 6 heteroatoms. The molecule has 0 heterocycles. The molecule has 21 heavy (non-hydrogen) atoms. The van der Waals surface area contributed by atoms with Crippen LogP contribution < -0.4 is 5.73 Å². The molecule has 0 radical (unpaired) electrons. The molecule has 0 aromatic carbocycles. The Labute approximate surface area is 127 Å². The summed E-state index contributed by atoms with van der Waals surface area (Å²) in [6.07, 6.45) is 3.45. The highest BCUT2D eigenvalue weighted by molar-refractivity contribution is 5.90. The van der Waals surface area contributed by atoms with Crippen LogP contribution in [-0.2, 0) is 14.3 Å². The van der Waals surface area contributed by atoms with E-state index in [4.69, 9.17) is 10.5 Å². The summed E-state index contributed by atoms with van der Waals surface area (Å²) >= 11 is 0. The van der Waals surface area contributed by atoms with Gasteiger partial charge in [0.05, 0.1) is 18.7 Å². The number of carbonyl (C=O) groups excluding carboxylic acids is 2. The number of likely N-dealkylation sites (N-methyl/N-ethyl adjacent to an activating group) is 1. The number of methoxy groups -OCH3 is 1. The van der Waals surface area contributed by atoms with Gasteiger partial charge in [-0.3, -0.25) is 9.59 Å². The summed E-state index contributed by atoms with van der Waals surface area (Å²) in [5.74, 6) is 0.217. The molecular formula is C15H29N3O3. The molecule has 0 aromatic rings. The van der Waals surface area contributed by atoms with E-state index in [9.17, 15) is 9.59 Å². The van der Waals surface area contributed by atoms with Crippen LogP contribution >= 0.6 is 0 Å². The second kappa shape index (κ2) is 7.75. The van der Waals surface area contributed by atoms with Crippen LogP contribution in [0.25, 0.3) is 0 Å². The molecule has 1 rings (SSSR count). The Bertz CT molecular complexity index is 373. The van der Waals surface area contributed by atoms with E-state index >= 15 is 0 Å². The molecule has 122 valence electrons. The molecule has 1 aliphatic carbocycles. The van der Waals surface area contributed by atoms with Gasteiger partial charge < -0.3 is 20.3 Å². The van der Waals surface area contributed by atoms with Crippen molar-refractivity contribution in [1.82, 2.24) is 9.80 Å². The maximum absolute atomic E-state index is 12.8. The number of hydrogen-bond acceptors (Lipinski definition) is 4. The Hall–Kier alpha value is -1.14. The minimum absolute atomic E-state index is 0.0581. The van der Waals surface area contributed by atoms with Crippen LogP contribution in [0.1, 0.15) is 32.6 Å². The zero-order valence-corrected chi connectivity index (χ0v) is 13.7. The SMILES string of the molecule is COCCN(CC(=O)N(C)C)C(=O)C1(N)CCCC(C)C1. The molecule has 1 fully saturated rings. The minimum Gasteiger partial charge on any atom is -0.383 e. The summed E-state index contributed by atoms with van der Waals surface area (Å²) in [7, 11) is 4.95. The number of carbonyl (C=O) groups is 2. The Kier molecular flexibility index (Phi) is 6.61. The standard InChI is InChI=1S/C15H29N3O3/c1-12-6-5-7-15(16,10-12)14(20)18(8-9-21-4)11-13(19)17(2)3/h12H,5-11,16H2,1-4H3. The number of nitrogens with two attached hydrogens (primary N) is 1. The Balaban J connectivity index is 2.80.